The van der Waals surface area contributed by atoms with Crippen molar-refractivity contribution >= 4 is 17.7 Å². The molecule has 1 amide bonds. The number of rotatable bonds is 6. The molecular weight excluding hydrogens is 198 g/mol. The van der Waals surface area contributed by atoms with E-state index in [0.717, 1.165) is 13.2 Å². The molecule has 14 heavy (non-hydrogen) atoms. The predicted octanol–water partition coefficient (Wildman–Crippen LogP) is 1.28. The fraction of sp³-hybridized carbons (Fsp3) is 0.900. The first kappa shape index (κ1) is 11.9. The van der Waals surface area contributed by atoms with E-state index in [1.165, 1.54) is 19.3 Å². The second-order valence-corrected chi connectivity index (χ2v) is 4.86. The summed E-state index contributed by atoms with van der Waals surface area (Å²) >= 11 is 1.56. The highest BCUT2D eigenvalue weighted by Crippen LogP contribution is 2.40. The number of carbonyl (C=O) groups excluding carboxylic acids is 1. The van der Waals surface area contributed by atoms with Gasteiger partial charge in [-0.25, -0.2) is 0 Å². The molecule has 3 nitrogen and oxygen atoms in total. The Balaban J connectivity index is 2.23. The van der Waals surface area contributed by atoms with Gasteiger partial charge in [0.15, 0.2) is 0 Å². The van der Waals surface area contributed by atoms with E-state index in [4.69, 9.17) is 4.74 Å². The molecule has 0 aliphatic heterocycles. The van der Waals surface area contributed by atoms with Crippen LogP contribution < -0.4 is 5.32 Å². The van der Waals surface area contributed by atoms with Gasteiger partial charge >= 0.3 is 0 Å². The second-order valence-electron chi connectivity index (χ2n) is 4.00. The summed E-state index contributed by atoms with van der Waals surface area (Å²) < 4.78 is 5.18. The third kappa shape index (κ3) is 3.17. The van der Waals surface area contributed by atoms with E-state index in [9.17, 15) is 4.79 Å². The van der Waals surface area contributed by atoms with E-state index in [1.54, 1.807) is 18.9 Å². The molecule has 0 unspecified atom stereocenters. The fourth-order valence-corrected chi connectivity index (χ4v) is 2.19. The average Bonchev–Trinajstić information content (AvgIpc) is 2.10. The van der Waals surface area contributed by atoms with Crippen LogP contribution in [0, 0.1) is 5.41 Å². The zero-order chi connectivity index (χ0) is 10.4. The minimum atomic E-state index is 0.139. The summed E-state index contributed by atoms with van der Waals surface area (Å²) in [5.74, 6) is 0.697. The number of ether oxygens (including phenoxy) is 1. The van der Waals surface area contributed by atoms with Crippen LogP contribution in [0.5, 0.6) is 0 Å². The zero-order valence-corrected chi connectivity index (χ0v) is 9.78. The smallest absolute Gasteiger partial charge is 0.230 e. The maximum atomic E-state index is 11.3. The van der Waals surface area contributed by atoms with E-state index >= 15 is 0 Å². The summed E-state index contributed by atoms with van der Waals surface area (Å²) in [5, 5.41) is 2.97. The SMILES string of the molecule is COCC1(CNC(=O)CSC)CCC1. The molecule has 1 aliphatic carbocycles. The van der Waals surface area contributed by atoms with Gasteiger partial charge in [0.25, 0.3) is 0 Å². The molecule has 0 saturated heterocycles. The van der Waals surface area contributed by atoms with Crippen molar-refractivity contribution in [2.24, 2.45) is 5.41 Å². The molecule has 4 heteroatoms. The van der Waals surface area contributed by atoms with Gasteiger partial charge < -0.3 is 10.1 Å². The fourth-order valence-electron chi connectivity index (χ4n) is 1.82. The summed E-state index contributed by atoms with van der Waals surface area (Å²) in [5.41, 5.74) is 0.239. The van der Waals surface area contributed by atoms with Gasteiger partial charge in [0.1, 0.15) is 0 Å². The number of hydrogen-bond donors (Lipinski definition) is 1. The molecular formula is C10H19NO2S. The highest BCUT2D eigenvalue weighted by atomic mass is 32.2. The second kappa shape index (κ2) is 5.61. The van der Waals surface area contributed by atoms with Crippen molar-refractivity contribution in [1.82, 2.24) is 5.32 Å². The molecule has 0 aromatic rings. The van der Waals surface area contributed by atoms with Crippen LogP contribution in [0.3, 0.4) is 0 Å². The van der Waals surface area contributed by atoms with Gasteiger partial charge in [0.05, 0.1) is 12.4 Å². The van der Waals surface area contributed by atoms with Crippen LogP contribution in [0.15, 0.2) is 0 Å². The monoisotopic (exact) mass is 217 g/mol. The third-order valence-corrected chi connectivity index (χ3v) is 3.35. The number of methoxy groups -OCH3 is 1. The molecule has 0 aromatic carbocycles. The van der Waals surface area contributed by atoms with Crippen molar-refractivity contribution in [3.05, 3.63) is 0 Å². The molecule has 1 N–H and O–H groups in total. The number of thioether (sulfide) groups is 1. The lowest BCUT2D eigenvalue weighted by molar-refractivity contribution is -0.119. The number of nitrogens with one attached hydrogen (secondary N) is 1. The molecule has 1 aliphatic rings. The summed E-state index contributed by atoms with van der Waals surface area (Å²) in [6.45, 7) is 1.55. The summed E-state index contributed by atoms with van der Waals surface area (Å²) in [7, 11) is 1.73. The number of carbonyl (C=O) groups is 1. The van der Waals surface area contributed by atoms with Crippen LogP contribution >= 0.6 is 11.8 Å². The molecule has 1 saturated carbocycles. The highest BCUT2D eigenvalue weighted by molar-refractivity contribution is 7.99. The van der Waals surface area contributed by atoms with Crippen LogP contribution in [0.4, 0.5) is 0 Å². The Morgan fingerprint density at radius 1 is 1.57 bits per heavy atom. The van der Waals surface area contributed by atoms with Gasteiger partial charge in [-0.3, -0.25) is 4.79 Å². The topological polar surface area (TPSA) is 38.3 Å². The molecule has 1 rings (SSSR count). The molecule has 0 heterocycles. The summed E-state index contributed by atoms with van der Waals surface area (Å²) in [6, 6.07) is 0. The zero-order valence-electron chi connectivity index (χ0n) is 8.97. The van der Waals surface area contributed by atoms with Gasteiger partial charge in [-0.2, -0.15) is 11.8 Å². The maximum Gasteiger partial charge on any atom is 0.230 e. The van der Waals surface area contributed by atoms with Gasteiger partial charge in [-0.05, 0) is 19.1 Å². The minimum absolute atomic E-state index is 0.139. The quantitative estimate of drug-likeness (QED) is 0.728. The first-order valence-electron chi connectivity index (χ1n) is 4.97. The maximum absolute atomic E-state index is 11.3. The van der Waals surface area contributed by atoms with Gasteiger partial charge in [0.2, 0.25) is 5.91 Å². The largest absolute Gasteiger partial charge is 0.384 e. The Kier molecular flexibility index (Phi) is 4.75. The standard InChI is InChI=1S/C10H19NO2S/c1-13-8-10(4-3-5-10)7-11-9(12)6-14-2/h3-8H2,1-2H3,(H,11,12). The van der Waals surface area contributed by atoms with Crippen LogP contribution in [-0.2, 0) is 9.53 Å². The number of hydrogen-bond acceptors (Lipinski definition) is 3. The van der Waals surface area contributed by atoms with Gasteiger partial charge in [-0.1, -0.05) is 6.42 Å². The lowest BCUT2D eigenvalue weighted by atomic mass is 9.69. The first-order valence-corrected chi connectivity index (χ1v) is 6.36. The molecule has 82 valence electrons. The van der Waals surface area contributed by atoms with E-state index in [2.05, 4.69) is 5.32 Å². The Labute approximate surface area is 90.0 Å². The van der Waals surface area contributed by atoms with Crippen molar-refractivity contribution in [1.29, 1.82) is 0 Å². The van der Waals surface area contributed by atoms with Crippen molar-refractivity contribution in [2.45, 2.75) is 19.3 Å². The Morgan fingerprint density at radius 2 is 2.29 bits per heavy atom. The molecule has 0 spiro atoms. The Bertz CT molecular complexity index is 193. The van der Waals surface area contributed by atoms with Gasteiger partial charge in [0, 0.05) is 19.1 Å². The molecule has 1 fully saturated rings. The van der Waals surface area contributed by atoms with Crippen LogP contribution in [-0.4, -0.2) is 38.2 Å². The summed E-state index contributed by atoms with van der Waals surface area (Å²) in [4.78, 5) is 11.3. The van der Waals surface area contributed by atoms with Crippen LogP contribution in [0.2, 0.25) is 0 Å². The van der Waals surface area contributed by atoms with E-state index in [-0.39, 0.29) is 11.3 Å². The Hall–Kier alpha value is -0.220. The normalized spacial score (nSPS) is 18.7. The van der Waals surface area contributed by atoms with Crippen molar-refractivity contribution in [2.75, 3.05) is 32.3 Å². The summed E-state index contributed by atoms with van der Waals surface area (Å²) in [6.07, 6.45) is 5.57. The van der Waals surface area contributed by atoms with Crippen molar-refractivity contribution in [3.8, 4) is 0 Å². The lowest BCUT2D eigenvalue weighted by Crippen LogP contribution is -2.45. The van der Waals surface area contributed by atoms with E-state index in [1.807, 2.05) is 6.26 Å². The molecule has 0 radical (unpaired) electrons. The van der Waals surface area contributed by atoms with E-state index in [0.29, 0.717) is 5.75 Å². The van der Waals surface area contributed by atoms with Crippen LogP contribution in [0.1, 0.15) is 19.3 Å². The highest BCUT2D eigenvalue weighted by Gasteiger charge is 2.37. The number of amides is 1. The van der Waals surface area contributed by atoms with E-state index < -0.39 is 0 Å². The predicted molar refractivity (Wildman–Crippen MR) is 59.6 cm³/mol. The van der Waals surface area contributed by atoms with Crippen molar-refractivity contribution < 1.29 is 9.53 Å². The molecule has 0 aromatic heterocycles. The Morgan fingerprint density at radius 3 is 2.71 bits per heavy atom. The van der Waals surface area contributed by atoms with Crippen molar-refractivity contribution in [3.63, 3.8) is 0 Å². The van der Waals surface area contributed by atoms with Gasteiger partial charge in [-0.15, -0.1) is 0 Å². The first-order chi connectivity index (χ1) is 6.72. The molecule has 0 atom stereocenters. The average molecular weight is 217 g/mol. The minimum Gasteiger partial charge on any atom is -0.384 e. The third-order valence-electron chi connectivity index (χ3n) is 2.80. The van der Waals surface area contributed by atoms with Crippen LogP contribution in [0.25, 0.3) is 0 Å². The lowest BCUT2D eigenvalue weighted by Gasteiger charge is -2.41. The molecule has 0 bridgehead atoms.